The molecular formula is C34H65NO8. The van der Waals surface area contributed by atoms with Gasteiger partial charge in [0.25, 0.3) is 0 Å². The molecule has 0 spiro atoms. The summed E-state index contributed by atoms with van der Waals surface area (Å²) in [6, 6.07) is -0.800. The molecule has 7 unspecified atom stereocenters. The van der Waals surface area contributed by atoms with Gasteiger partial charge in [-0.05, 0) is 12.8 Å². The second-order valence-corrected chi connectivity index (χ2v) is 12.4. The first-order chi connectivity index (χ1) is 20.8. The molecule has 0 aliphatic carbocycles. The number of carbonyl (C=O) groups excluding carboxylic acids is 1. The van der Waals surface area contributed by atoms with E-state index in [1.54, 1.807) is 6.08 Å². The van der Waals surface area contributed by atoms with Crippen molar-refractivity contribution in [3.05, 3.63) is 12.2 Å². The number of nitrogens with one attached hydrogen (secondary N) is 1. The van der Waals surface area contributed by atoms with Gasteiger partial charge in [-0.3, -0.25) is 4.79 Å². The van der Waals surface area contributed by atoms with Crippen molar-refractivity contribution in [3.63, 3.8) is 0 Å². The van der Waals surface area contributed by atoms with Crippen LogP contribution in [0.15, 0.2) is 12.2 Å². The normalized spacial score (nSPS) is 23.9. The first kappa shape index (κ1) is 40.0. The Labute approximate surface area is 261 Å². The first-order valence-corrected chi connectivity index (χ1v) is 17.4. The van der Waals surface area contributed by atoms with E-state index in [1.165, 1.54) is 116 Å². The molecule has 0 bridgehead atoms. The molecule has 1 heterocycles. The number of hydrogen-bond donors (Lipinski definition) is 6. The zero-order valence-corrected chi connectivity index (χ0v) is 27.2. The van der Waals surface area contributed by atoms with E-state index in [0.717, 1.165) is 19.3 Å². The van der Waals surface area contributed by atoms with Crippen LogP contribution >= 0.6 is 0 Å². The Morgan fingerprint density at radius 3 is 1.67 bits per heavy atom. The van der Waals surface area contributed by atoms with Crippen LogP contribution in [0.25, 0.3) is 0 Å². The van der Waals surface area contributed by atoms with Gasteiger partial charge in [0.05, 0.1) is 25.4 Å². The second kappa shape index (κ2) is 26.2. The molecule has 1 aliphatic rings. The number of allylic oxidation sites excluding steroid dienone is 1. The summed E-state index contributed by atoms with van der Waals surface area (Å²) in [5.74, 6) is -0.353. The van der Waals surface area contributed by atoms with Crippen molar-refractivity contribution in [2.45, 2.75) is 185 Å². The summed E-state index contributed by atoms with van der Waals surface area (Å²) in [7, 11) is 0. The number of unbranched alkanes of at least 4 members (excludes halogenated alkanes) is 19. The Bertz CT molecular complexity index is 691. The van der Waals surface area contributed by atoms with Gasteiger partial charge >= 0.3 is 0 Å². The lowest BCUT2D eigenvalue weighted by Gasteiger charge is -2.40. The van der Waals surface area contributed by atoms with Crippen LogP contribution in [0.5, 0.6) is 0 Å². The molecule has 1 amide bonds. The summed E-state index contributed by atoms with van der Waals surface area (Å²) in [6.07, 6.45) is 21.8. The van der Waals surface area contributed by atoms with Crippen LogP contribution in [0.2, 0.25) is 0 Å². The van der Waals surface area contributed by atoms with E-state index in [0.29, 0.717) is 0 Å². The van der Waals surface area contributed by atoms with Crippen LogP contribution in [0.3, 0.4) is 0 Å². The fourth-order valence-corrected chi connectivity index (χ4v) is 5.60. The standard InChI is InChI=1S/C34H65NO8/c1-3-4-5-6-7-8-9-10-11-12-13-14-15-16-17-18-19-20-21-22-23-24-29(38)28(35-27(2)37)26-42-34-33(41)32(40)31(39)30(25-36)43-34/h23-24,28-34,36,38-41H,3-22,25-26H2,1-2H3,(H,35,37)/b24-23+. The smallest absolute Gasteiger partial charge is 0.217 e. The van der Waals surface area contributed by atoms with Gasteiger partial charge in [-0.25, -0.2) is 0 Å². The van der Waals surface area contributed by atoms with E-state index < -0.39 is 49.5 Å². The number of aliphatic hydroxyl groups excluding tert-OH is 5. The monoisotopic (exact) mass is 615 g/mol. The lowest BCUT2D eigenvalue weighted by Crippen LogP contribution is -2.60. The third-order valence-electron chi connectivity index (χ3n) is 8.40. The fraction of sp³-hybridized carbons (Fsp3) is 0.912. The maximum Gasteiger partial charge on any atom is 0.217 e. The summed E-state index contributed by atoms with van der Waals surface area (Å²) >= 11 is 0. The van der Waals surface area contributed by atoms with Gasteiger partial charge in [0.1, 0.15) is 24.4 Å². The van der Waals surface area contributed by atoms with E-state index in [1.807, 2.05) is 6.08 Å². The lowest BCUT2D eigenvalue weighted by atomic mass is 9.99. The Morgan fingerprint density at radius 2 is 1.23 bits per heavy atom. The summed E-state index contributed by atoms with van der Waals surface area (Å²) < 4.78 is 10.8. The summed E-state index contributed by atoms with van der Waals surface area (Å²) in [5, 5.41) is 52.5. The molecule has 1 fully saturated rings. The molecule has 43 heavy (non-hydrogen) atoms. The van der Waals surface area contributed by atoms with E-state index >= 15 is 0 Å². The Kier molecular flexibility index (Phi) is 24.3. The van der Waals surface area contributed by atoms with Gasteiger partial charge in [0, 0.05) is 6.92 Å². The Morgan fingerprint density at radius 1 is 0.767 bits per heavy atom. The number of rotatable bonds is 27. The molecule has 0 aromatic carbocycles. The molecule has 0 aromatic heterocycles. The molecule has 0 saturated carbocycles. The summed E-state index contributed by atoms with van der Waals surface area (Å²) in [6.45, 7) is 2.84. The van der Waals surface area contributed by atoms with E-state index in [-0.39, 0.29) is 12.5 Å². The van der Waals surface area contributed by atoms with Crippen molar-refractivity contribution in [1.29, 1.82) is 0 Å². The predicted octanol–water partition coefficient (Wildman–Crippen LogP) is 5.05. The molecule has 1 saturated heterocycles. The van der Waals surface area contributed by atoms with Crippen LogP contribution in [0, 0.1) is 0 Å². The minimum atomic E-state index is -1.56. The minimum Gasteiger partial charge on any atom is -0.394 e. The van der Waals surface area contributed by atoms with Crippen molar-refractivity contribution in [2.75, 3.05) is 13.2 Å². The number of ether oxygens (including phenoxy) is 2. The summed E-state index contributed by atoms with van der Waals surface area (Å²) in [5.41, 5.74) is 0. The molecule has 9 heteroatoms. The number of hydrogen-bond acceptors (Lipinski definition) is 8. The maximum absolute atomic E-state index is 11.6. The number of carbonyl (C=O) groups is 1. The molecule has 6 N–H and O–H groups in total. The highest BCUT2D eigenvalue weighted by atomic mass is 16.7. The van der Waals surface area contributed by atoms with Crippen molar-refractivity contribution < 1.29 is 39.8 Å². The van der Waals surface area contributed by atoms with Gasteiger partial charge in [-0.2, -0.15) is 0 Å². The fourth-order valence-electron chi connectivity index (χ4n) is 5.60. The third kappa shape index (κ3) is 19.1. The molecule has 0 aromatic rings. The topological polar surface area (TPSA) is 149 Å². The second-order valence-electron chi connectivity index (χ2n) is 12.4. The highest BCUT2D eigenvalue weighted by Crippen LogP contribution is 2.22. The van der Waals surface area contributed by atoms with Crippen LogP contribution < -0.4 is 5.32 Å². The lowest BCUT2D eigenvalue weighted by molar-refractivity contribution is -0.302. The number of aliphatic hydroxyl groups is 5. The summed E-state index contributed by atoms with van der Waals surface area (Å²) in [4.78, 5) is 11.6. The van der Waals surface area contributed by atoms with Crippen LogP contribution in [0.1, 0.15) is 142 Å². The molecule has 254 valence electrons. The Balaban J connectivity index is 2.07. The quantitative estimate of drug-likeness (QED) is 0.0556. The zero-order valence-electron chi connectivity index (χ0n) is 27.2. The molecule has 0 radical (unpaired) electrons. The molecular weight excluding hydrogens is 550 g/mol. The van der Waals surface area contributed by atoms with E-state index in [2.05, 4.69) is 12.2 Å². The van der Waals surface area contributed by atoms with E-state index in [4.69, 9.17) is 9.47 Å². The average molecular weight is 616 g/mol. The Hall–Kier alpha value is -1.07. The van der Waals surface area contributed by atoms with Gasteiger partial charge in [-0.15, -0.1) is 0 Å². The van der Waals surface area contributed by atoms with Crippen molar-refractivity contribution >= 4 is 5.91 Å². The van der Waals surface area contributed by atoms with Crippen molar-refractivity contribution in [1.82, 2.24) is 5.32 Å². The van der Waals surface area contributed by atoms with Gasteiger partial charge in [0.2, 0.25) is 5.91 Å². The highest BCUT2D eigenvalue weighted by Gasteiger charge is 2.44. The molecule has 9 nitrogen and oxygen atoms in total. The van der Waals surface area contributed by atoms with Gasteiger partial charge in [-0.1, -0.05) is 135 Å². The minimum absolute atomic E-state index is 0.201. The largest absolute Gasteiger partial charge is 0.394 e. The molecule has 1 aliphatic heterocycles. The molecule has 7 atom stereocenters. The van der Waals surface area contributed by atoms with Crippen LogP contribution in [-0.4, -0.2) is 87.5 Å². The predicted molar refractivity (Wildman–Crippen MR) is 170 cm³/mol. The van der Waals surface area contributed by atoms with Gasteiger partial charge < -0.3 is 40.3 Å². The first-order valence-electron chi connectivity index (χ1n) is 17.4. The van der Waals surface area contributed by atoms with Crippen LogP contribution in [0.4, 0.5) is 0 Å². The van der Waals surface area contributed by atoms with Gasteiger partial charge in [0.15, 0.2) is 6.29 Å². The maximum atomic E-state index is 11.6. The van der Waals surface area contributed by atoms with Crippen LogP contribution in [-0.2, 0) is 14.3 Å². The SMILES string of the molecule is CCCCCCCCCCCCCCCCCCCCC/C=C/C(O)C(COC1OC(CO)C(O)C(O)C1O)NC(C)=O. The highest BCUT2D eigenvalue weighted by molar-refractivity contribution is 5.73. The van der Waals surface area contributed by atoms with Crippen molar-refractivity contribution in [3.8, 4) is 0 Å². The molecule has 1 rings (SSSR count). The van der Waals surface area contributed by atoms with Crippen molar-refractivity contribution in [2.24, 2.45) is 0 Å². The zero-order chi connectivity index (χ0) is 31.7. The number of amides is 1. The average Bonchev–Trinajstić information content (AvgIpc) is 2.99. The third-order valence-corrected chi connectivity index (χ3v) is 8.40. The van der Waals surface area contributed by atoms with E-state index in [9.17, 15) is 30.3 Å².